The first-order chi connectivity index (χ1) is 8.57. The number of hydrogen-bond acceptors (Lipinski definition) is 2. The van der Waals surface area contributed by atoms with Crippen molar-refractivity contribution in [2.24, 2.45) is 5.92 Å². The van der Waals surface area contributed by atoms with E-state index in [2.05, 4.69) is 17.6 Å². The summed E-state index contributed by atoms with van der Waals surface area (Å²) in [7, 11) is 0. The van der Waals surface area contributed by atoms with Crippen molar-refractivity contribution in [2.45, 2.75) is 59.3 Å². The van der Waals surface area contributed by atoms with Crippen LogP contribution in [0, 0.1) is 5.92 Å². The van der Waals surface area contributed by atoms with Gasteiger partial charge in [-0.25, -0.2) is 0 Å². The summed E-state index contributed by atoms with van der Waals surface area (Å²) in [6.45, 7) is 7.32. The smallest absolute Gasteiger partial charge is 0.309 e. The Morgan fingerprint density at radius 3 is 2.06 bits per heavy atom. The number of nitrogens with one attached hydrogen (secondary N) is 2. The topological polar surface area (TPSA) is 58.2 Å². The van der Waals surface area contributed by atoms with Gasteiger partial charge in [0.15, 0.2) is 0 Å². The predicted octanol–water partition coefficient (Wildman–Crippen LogP) is 2.24. The zero-order valence-corrected chi connectivity index (χ0v) is 12.1. The molecule has 0 heterocycles. The van der Waals surface area contributed by atoms with Crippen LogP contribution in [0.25, 0.3) is 0 Å². The van der Waals surface area contributed by atoms with Crippen molar-refractivity contribution in [1.82, 2.24) is 10.6 Å². The molecule has 0 saturated heterocycles. The minimum atomic E-state index is -0.519. The van der Waals surface area contributed by atoms with Gasteiger partial charge in [0.1, 0.15) is 0 Å². The van der Waals surface area contributed by atoms with E-state index >= 15 is 0 Å². The van der Waals surface area contributed by atoms with Crippen LogP contribution >= 0.6 is 0 Å². The molecule has 0 aliphatic heterocycles. The molecule has 2 amide bonds. The van der Waals surface area contributed by atoms with Crippen LogP contribution in [-0.4, -0.2) is 24.9 Å². The Morgan fingerprint density at radius 2 is 1.44 bits per heavy atom. The van der Waals surface area contributed by atoms with E-state index < -0.39 is 11.8 Å². The normalized spacial score (nSPS) is 10.4. The lowest BCUT2D eigenvalue weighted by atomic mass is 10.1. The molecular weight excluding hydrogens is 228 g/mol. The van der Waals surface area contributed by atoms with E-state index in [0.29, 0.717) is 19.0 Å². The van der Waals surface area contributed by atoms with Gasteiger partial charge < -0.3 is 10.6 Å². The first-order valence-electron chi connectivity index (χ1n) is 7.14. The van der Waals surface area contributed by atoms with Crippen LogP contribution < -0.4 is 10.6 Å². The Hall–Kier alpha value is -1.06. The average molecular weight is 256 g/mol. The fourth-order valence-corrected chi connectivity index (χ4v) is 1.56. The molecule has 0 rings (SSSR count). The molecule has 4 nitrogen and oxygen atoms in total. The second-order valence-electron chi connectivity index (χ2n) is 5.13. The van der Waals surface area contributed by atoms with Crippen LogP contribution in [0.4, 0.5) is 0 Å². The summed E-state index contributed by atoms with van der Waals surface area (Å²) in [5, 5.41) is 5.25. The molecule has 0 atom stereocenters. The minimum Gasteiger partial charge on any atom is -0.348 e. The highest BCUT2D eigenvalue weighted by atomic mass is 16.2. The third-order valence-electron chi connectivity index (χ3n) is 2.69. The van der Waals surface area contributed by atoms with E-state index in [-0.39, 0.29) is 0 Å². The molecule has 0 saturated carbocycles. The molecule has 0 aliphatic carbocycles. The first kappa shape index (κ1) is 16.9. The van der Waals surface area contributed by atoms with Crippen molar-refractivity contribution in [3.63, 3.8) is 0 Å². The number of rotatable bonds is 9. The van der Waals surface area contributed by atoms with E-state index in [0.717, 1.165) is 12.8 Å². The SMILES string of the molecule is CCCCCCCCNC(=O)C(=O)NCC(C)C. The third-order valence-corrected chi connectivity index (χ3v) is 2.69. The molecular formula is C14H28N2O2. The average Bonchev–Trinajstić information content (AvgIpc) is 2.34. The maximum Gasteiger partial charge on any atom is 0.309 e. The maximum atomic E-state index is 11.4. The van der Waals surface area contributed by atoms with Crippen molar-refractivity contribution in [3.05, 3.63) is 0 Å². The highest BCUT2D eigenvalue weighted by Gasteiger charge is 2.11. The summed E-state index contributed by atoms with van der Waals surface area (Å²) in [6, 6.07) is 0. The standard InChI is InChI=1S/C14H28N2O2/c1-4-5-6-7-8-9-10-15-13(17)14(18)16-11-12(2)3/h12H,4-11H2,1-3H3,(H,15,17)(H,16,18). The van der Waals surface area contributed by atoms with Gasteiger partial charge in [0, 0.05) is 13.1 Å². The maximum absolute atomic E-state index is 11.4. The van der Waals surface area contributed by atoms with Gasteiger partial charge >= 0.3 is 11.8 Å². The monoisotopic (exact) mass is 256 g/mol. The predicted molar refractivity (Wildman–Crippen MR) is 74.2 cm³/mol. The van der Waals surface area contributed by atoms with Crippen LogP contribution in [0.15, 0.2) is 0 Å². The van der Waals surface area contributed by atoms with Gasteiger partial charge in [0.25, 0.3) is 0 Å². The zero-order chi connectivity index (χ0) is 13.8. The fraction of sp³-hybridized carbons (Fsp3) is 0.857. The van der Waals surface area contributed by atoms with Crippen molar-refractivity contribution in [1.29, 1.82) is 0 Å². The van der Waals surface area contributed by atoms with E-state index in [9.17, 15) is 9.59 Å². The Labute approximate surface area is 111 Å². The lowest BCUT2D eigenvalue weighted by molar-refractivity contribution is -0.139. The summed E-state index contributed by atoms with van der Waals surface area (Å²) < 4.78 is 0. The van der Waals surface area contributed by atoms with Gasteiger partial charge in [-0.05, 0) is 12.3 Å². The number of amides is 2. The quantitative estimate of drug-likeness (QED) is 0.491. The van der Waals surface area contributed by atoms with Gasteiger partial charge in [-0.15, -0.1) is 0 Å². The molecule has 0 radical (unpaired) electrons. The largest absolute Gasteiger partial charge is 0.348 e. The van der Waals surface area contributed by atoms with Crippen molar-refractivity contribution in [3.8, 4) is 0 Å². The van der Waals surface area contributed by atoms with Crippen molar-refractivity contribution in [2.75, 3.05) is 13.1 Å². The van der Waals surface area contributed by atoms with Crippen LogP contribution in [0.5, 0.6) is 0 Å². The zero-order valence-electron chi connectivity index (χ0n) is 12.1. The van der Waals surface area contributed by atoms with Crippen LogP contribution in [0.1, 0.15) is 59.3 Å². The van der Waals surface area contributed by atoms with E-state index in [1.807, 2.05) is 13.8 Å². The van der Waals surface area contributed by atoms with Gasteiger partial charge in [0.05, 0.1) is 0 Å². The molecule has 0 bridgehead atoms. The number of carbonyl (C=O) groups excluding carboxylic acids is 2. The van der Waals surface area contributed by atoms with Crippen LogP contribution in [-0.2, 0) is 9.59 Å². The molecule has 0 aromatic carbocycles. The molecule has 106 valence electrons. The first-order valence-corrected chi connectivity index (χ1v) is 7.14. The Balaban J connectivity index is 3.43. The summed E-state index contributed by atoms with van der Waals surface area (Å²) in [6.07, 6.45) is 7.07. The van der Waals surface area contributed by atoms with Gasteiger partial charge in [0.2, 0.25) is 0 Å². The summed E-state index contributed by atoms with van der Waals surface area (Å²) in [5.74, 6) is -0.667. The number of hydrogen-bond donors (Lipinski definition) is 2. The molecule has 0 spiro atoms. The van der Waals surface area contributed by atoms with E-state index in [4.69, 9.17) is 0 Å². The summed E-state index contributed by atoms with van der Waals surface area (Å²) >= 11 is 0. The molecule has 2 N–H and O–H groups in total. The molecule has 0 fully saturated rings. The molecule has 0 unspecified atom stereocenters. The Kier molecular flexibility index (Phi) is 10.4. The third kappa shape index (κ3) is 10.1. The summed E-state index contributed by atoms with van der Waals surface area (Å²) in [5.41, 5.74) is 0. The van der Waals surface area contributed by atoms with E-state index in [1.54, 1.807) is 0 Å². The molecule has 0 aromatic rings. The van der Waals surface area contributed by atoms with Gasteiger partial charge in [-0.1, -0.05) is 52.9 Å². The highest BCUT2D eigenvalue weighted by Crippen LogP contribution is 2.03. The van der Waals surface area contributed by atoms with Gasteiger partial charge in [-0.2, -0.15) is 0 Å². The second kappa shape index (κ2) is 11.1. The fourth-order valence-electron chi connectivity index (χ4n) is 1.56. The van der Waals surface area contributed by atoms with Crippen LogP contribution in [0.2, 0.25) is 0 Å². The van der Waals surface area contributed by atoms with E-state index in [1.165, 1.54) is 25.7 Å². The number of carbonyl (C=O) groups is 2. The lowest BCUT2D eigenvalue weighted by Gasteiger charge is -2.08. The molecule has 0 aromatic heterocycles. The van der Waals surface area contributed by atoms with Crippen molar-refractivity contribution < 1.29 is 9.59 Å². The second-order valence-corrected chi connectivity index (χ2v) is 5.13. The number of unbranched alkanes of at least 4 members (excludes halogenated alkanes) is 5. The molecule has 0 aliphatic rings. The summed E-state index contributed by atoms with van der Waals surface area (Å²) in [4.78, 5) is 22.7. The highest BCUT2D eigenvalue weighted by molar-refractivity contribution is 6.35. The molecule has 4 heteroatoms. The molecule has 18 heavy (non-hydrogen) atoms. The van der Waals surface area contributed by atoms with Crippen LogP contribution in [0.3, 0.4) is 0 Å². The van der Waals surface area contributed by atoms with Gasteiger partial charge in [-0.3, -0.25) is 9.59 Å². The Bertz CT molecular complexity index is 240. The Morgan fingerprint density at radius 1 is 0.889 bits per heavy atom. The van der Waals surface area contributed by atoms with Crippen molar-refractivity contribution >= 4 is 11.8 Å². The minimum absolute atomic E-state index is 0.361. The lowest BCUT2D eigenvalue weighted by Crippen LogP contribution is -2.41.